The van der Waals surface area contributed by atoms with Crippen molar-refractivity contribution in [3.05, 3.63) is 28.8 Å². The normalized spacial score (nSPS) is 25.2. The number of benzene rings is 1. The zero-order chi connectivity index (χ0) is 13.3. The summed E-state index contributed by atoms with van der Waals surface area (Å²) < 4.78 is 5.59. The van der Waals surface area contributed by atoms with Crippen LogP contribution in [0, 0.1) is 0 Å². The van der Waals surface area contributed by atoms with Gasteiger partial charge in [-0.1, -0.05) is 17.7 Å². The number of nitrogens with zero attached hydrogens (tertiary/aromatic N) is 1. The van der Waals surface area contributed by atoms with Gasteiger partial charge in [-0.3, -0.25) is 0 Å². The lowest BCUT2D eigenvalue weighted by Crippen LogP contribution is -2.36. The third kappa shape index (κ3) is 2.63. The third-order valence-electron chi connectivity index (χ3n) is 3.67. The summed E-state index contributed by atoms with van der Waals surface area (Å²) in [6.07, 6.45) is 0.754. The monoisotopic (exact) mass is 269 g/mol. The predicted molar refractivity (Wildman–Crippen MR) is 74.3 cm³/mol. The van der Waals surface area contributed by atoms with Gasteiger partial charge in [0.25, 0.3) is 0 Å². The molecule has 0 aromatic heterocycles. The van der Waals surface area contributed by atoms with Crippen LogP contribution < -0.4 is 4.90 Å². The highest BCUT2D eigenvalue weighted by Crippen LogP contribution is 2.32. The van der Waals surface area contributed by atoms with Crippen molar-refractivity contribution >= 4 is 17.3 Å². The molecule has 0 amide bonds. The number of anilines is 1. The Morgan fingerprint density at radius 1 is 1.50 bits per heavy atom. The summed E-state index contributed by atoms with van der Waals surface area (Å²) in [7, 11) is 2.04. The van der Waals surface area contributed by atoms with E-state index in [9.17, 15) is 5.11 Å². The highest BCUT2D eigenvalue weighted by Gasteiger charge is 2.28. The minimum atomic E-state index is -0.490. The van der Waals surface area contributed by atoms with Crippen LogP contribution in [-0.4, -0.2) is 30.9 Å². The molecule has 1 aliphatic heterocycles. The van der Waals surface area contributed by atoms with Crippen LogP contribution in [0.2, 0.25) is 5.02 Å². The average molecular weight is 270 g/mol. The van der Waals surface area contributed by atoms with E-state index < -0.39 is 6.10 Å². The molecule has 3 nitrogen and oxygen atoms in total. The van der Waals surface area contributed by atoms with Gasteiger partial charge in [-0.15, -0.1) is 0 Å². The molecule has 100 valence electrons. The molecule has 2 rings (SSSR count). The maximum Gasteiger partial charge on any atom is 0.0762 e. The van der Waals surface area contributed by atoms with Gasteiger partial charge in [-0.05, 0) is 38.0 Å². The van der Waals surface area contributed by atoms with E-state index in [1.54, 1.807) is 6.92 Å². The molecule has 0 radical (unpaired) electrons. The second-order valence-electron chi connectivity index (χ2n) is 4.93. The molecule has 1 heterocycles. The van der Waals surface area contributed by atoms with E-state index in [0.717, 1.165) is 24.3 Å². The highest BCUT2D eigenvalue weighted by atomic mass is 35.5. The largest absolute Gasteiger partial charge is 0.389 e. The van der Waals surface area contributed by atoms with Gasteiger partial charge in [-0.2, -0.15) is 0 Å². The van der Waals surface area contributed by atoms with Crippen LogP contribution in [0.3, 0.4) is 0 Å². The summed E-state index contributed by atoms with van der Waals surface area (Å²) in [5.74, 6) is 0. The van der Waals surface area contributed by atoms with Crippen LogP contribution in [0.1, 0.15) is 31.9 Å². The van der Waals surface area contributed by atoms with Crippen molar-refractivity contribution in [3.8, 4) is 0 Å². The second kappa shape index (κ2) is 5.47. The molecule has 1 aromatic rings. The van der Waals surface area contributed by atoms with Gasteiger partial charge in [-0.25, -0.2) is 0 Å². The molecule has 18 heavy (non-hydrogen) atoms. The van der Waals surface area contributed by atoms with Crippen LogP contribution in [0.15, 0.2) is 18.2 Å². The first-order valence-electron chi connectivity index (χ1n) is 6.32. The highest BCUT2D eigenvalue weighted by molar-refractivity contribution is 6.33. The summed E-state index contributed by atoms with van der Waals surface area (Å²) >= 11 is 6.30. The lowest BCUT2D eigenvalue weighted by Gasteiger charge is -2.29. The molecule has 0 spiro atoms. The molecule has 1 aromatic carbocycles. The van der Waals surface area contributed by atoms with E-state index in [2.05, 4.69) is 11.8 Å². The number of aliphatic hydroxyl groups excluding tert-OH is 1. The molecule has 3 atom stereocenters. The number of hydrogen-bond donors (Lipinski definition) is 1. The van der Waals surface area contributed by atoms with Gasteiger partial charge in [0.1, 0.15) is 0 Å². The number of likely N-dealkylation sites (N-methyl/N-ethyl adjacent to an activating group) is 1. The van der Waals surface area contributed by atoms with Crippen LogP contribution >= 0.6 is 11.6 Å². The van der Waals surface area contributed by atoms with E-state index in [0.29, 0.717) is 11.1 Å². The molecule has 4 heteroatoms. The first kappa shape index (κ1) is 13.7. The van der Waals surface area contributed by atoms with Gasteiger partial charge in [0.15, 0.2) is 0 Å². The Morgan fingerprint density at radius 3 is 2.72 bits per heavy atom. The van der Waals surface area contributed by atoms with Crippen molar-refractivity contribution in [2.24, 2.45) is 0 Å². The summed E-state index contributed by atoms with van der Waals surface area (Å²) in [4.78, 5) is 2.17. The Kier molecular flexibility index (Phi) is 4.15. The van der Waals surface area contributed by atoms with E-state index in [1.165, 1.54) is 0 Å². The Morgan fingerprint density at radius 2 is 2.22 bits per heavy atom. The summed E-state index contributed by atoms with van der Waals surface area (Å²) in [5, 5.41) is 10.2. The number of ether oxygens (including phenoxy) is 1. The molecule has 0 bridgehead atoms. The van der Waals surface area contributed by atoms with Crippen LogP contribution in [-0.2, 0) is 4.74 Å². The minimum absolute atomic E-state index is 0.225. The fourth-order valence-electron chi connectivity index (χ4n) is 2.48. The van der Waals surface area contributed by atoms with Gasteiger partial charge in [0.05, 0.1) is 29.0 Å². The zero-order valence-corrected chi connectivity index (χ0v) is 11.8. The van der Waals surface area contributed by atoms with E-state index in [-0.39, 0.29) is 6.10 Å². The smallest absolute Gasteiger partial charge is 0.0762 e. The van der Waals surface area contributed by atoms with E-state index >= 15 is 0 Å². The van der Waals surface area contributed by atoms with Crippen LogP contribution in [0.5, 0.6) is 0 Å². The van der Waals surface area contributed by atoms with Gasteiger partial charge < -0.3 is 14.7 Å². The molecular weight excluding hydrogens is 250 g/mol. The molecule has 1 saturated heterocycles. The molecule has 0 saturated carbocycles. The fraction of sp³-hybridized carbons (Fsp3) is 0.571. The minimum Gasteiger partial charge on any atom is -0.389 e. The van der Waals surface area contributed by atoms with Gasteiger partial charge in [0, 0.05) is 13.7 Å². The quantitative estimate of drug-likeness (QED) is 0.916. The predicted octanol–water partition coefficient (Wildman–Crippen LogP) is 3.01. The summed E-state index contributed by atoms with van der Waals surface area (Å²) in [6.45, 7) is 4.63. The van der Waals surface area contributed by atoms with Crippen LogP contribution in [0.25, 0.3) is 0 Å². The third-order valence-corrected chi connectivity index (χ3v) is 3.97. The van der Waals surface area contributed by atoms with Crippen molar-refractivity contribution in [1.29, 1.82) is 0 Å². The lowest BCUT2D eigenvalue weighted by molar-refractivity contribution is 0.118. The summed E-state index contributed by atoms with van der Waals surface area (Å²) in [6, 6.07) is 6.08. The fourth-order valence-corrected chi connectivity index (χ4v) is 2.80. The number of halogens is 1. The van der Waals surface area contributed by atoms with Crippen molar-refractivity contribution in [2.45, 2.75) is 38.5 Å². The van der Waals surface area contributed by atoms with Gasteiger partial charge in [0.2, 0.25) is 0 Å². The molecule has 3 unspecified atom stereocenters. The number of aliphatic hydroxyl groups is 1. The molecule has 1 fully saturated rings. The summed E-state index contributed by atoms with van der Waals surface area (Å²) in [5.41, 5.74) is 1.83. The zero-order valence-electron chi connectivity index (χ0n) is 11.1. The molecular formula is C14H20ClNO2. The first-order valence-corrected chi connectivity index (χ1v) is 6.70. The van der Waals surface area contributed by atoms with E-state index in [4.69, 9.17) is 16.3 Å². The Labute approximate surface area is 113 Å². The topological polar surface area (TPSA) is 32.7 Å². The van der Waals surface area contributed by atoms with Crippen molar-refractivity contribution in [3.63, 3.8) is 0 Å². The number of hydrogen-bond acceptors (Lipinski definition) is 3. The first-order chi connectivity index (χ1) is 8.50. The average Bonchev–Trinajstić information content (AvgIpc) is 2.74. The molecule has 0 aliphatic carbocycles. The standard InChI is InChI=1S/C14H20ClNO2/c1-9(17)11-4-5-14(12(15)8-11)16(3)13-6-7-18-10(13)2/h4-5,8-10,13,17H,6-7H2,1-3H3. The van der Waals surface area contributed by atoms with E-state index in [1.807, 2.05) is 25.2 Å². The van der Waals surface area contributed by atoms with Crippen molar-refractivity contribution in [2.75, 3.05) is 18.6 Å². The van der Waals surface area contributed by atoms with Crippen molar-refractivity contribution < 1.29 is 9.84 Å². The Balaban J connectivity index is 2.22. The number of rotatable bonds is 3. The van der Waals surface area contributed by atoms with Crippen molar-refractivity contribution in [1.82, 2.24) is 0 Å². The Bertz CT molecular complexity index is 422. The van der Waals surface area contributed by atoms with Crippen LogP contribution in [0.4, 0.5) is 5.69 Å². The maximum atomic E-state index is 9.54. The maximum absolute atomic E-state index is 9.54. The second-order valence-corrected chi connectivity index (χ2v) is 5.34. The Hall–Kier alpha value is -0.770. The molecule has 1 N–H and O–H groups in total. The van der Waals surface area contributed by atoms with Gasteiger partial charge >= 0.3 is 0 Å². The SMILES string of the molecule is CC(O)c1ccc(N(C)C2CCOC2C)c(Cl)c1. The molecule has 1 aliphatic rings. The lowest BCUT2D eigenvalue weighted by atomic mass is 10.1.